The molecule has 1 aromatic rings. The van der Waals surface area contributed by atoms with Gasteiger partial charge in [0, 0.05) is 12.2 Å². The minimum atomic E-state index is -3.69. The average molecular weight is 252 g/mol. The molecule has 3 N–H and O–H groups in total. The van der Waals surface area contributed by atoms with Crippen molar-refractivity contribution in [1.29, 1.82) is 0 Å². The number of sulfonamides is 1. The summed E-state index contributed by atoms with van der Waals surface area (Å²) < 4.78 is 25.4. The molecular formula is C7H12N2O4S2. The number of nitrogens with one attached hydrogen (secondary N) is 2. The third-order valence-corrected chi connectivity index (χ3v) is 4.62. The minimum Gasteiger partial charge on any atom is -0.392 e. The van der Waals surface area contributed by atoms with Crippen LogP contribution in [0.3, 0.4) is 0 Å². The van der Waals surface area contributed by atoms with Crippen molar-refractivity contribution in [3.8, 4) is 0 Å². The highest BCUT2D eigenvalue weighted by Gasteiger charge is 2.20. The number of aryl methyl sites for hydroxylation is 1. The second-order valence-corrected chi connectivity index (χ2v) is 6.07. The molecule has 8 heteroatoms. The molecule has 0 fully saturated rings. The van der Waals surface area contributed by atoms with Gasteiger partial charge in [-0.1, -0.05) is 11.3 Å². The van der Waals surface area contributed by atoms with Crippen molar-refractivity contribution in [3.05, 3.63) is 15.4 Å². The minimum absolute atomic E-state index is 0.0341. The maximum Gasteiger partial charge on any atom is 0.305 e. The number of H-pyrrole nitrogens is 1. The number of hydrogen-bond acceptors (Lipinski definition) is 5. The summed E-state index contributed by atoms with van der Waals surface area (Å²) in [7, 11) is -3.69. The molecule has 15 heavy (non-hydrogen) atoms. The molecule has 0 aliphatic rings. The summed E-state index contributed by atoms with van der Waals surface area (Å²) in [4.78, 5) is 12.9. The lowest BCUT2D eigenvalue weighted by Gasteiger charge is -2.06. The lowest BCUT2D eigenvalue weighted by molar-refractivity contribution is 0.198. The Bertz CT molecular complexity index is 485. The van der Waals surface area contributed by atoms with Crippen LogP contribution in [0, 0.1) is 6.92 Å². The monoisotopic (exact) mass is 252 g/mol. The van der Waals surface area contributed by atoms with Gasteiger partial charge in [0.2, 0.25) is 0 Å². The molecule has 1 rings (SSSR count). The van der Waals surface area contributed by atoms with E-state index in [4.69, 9.17) is 5.11 Å². The summed E-state index contributed by atoms with van der Waals surface area (Å²) in [6.07, 6.45) is -0.768. The standard InChI is InChI=1S/C7H12N2O4S2/c1-4(10)3-8-15(12,13)6-5(2)9-7(11)14-6/h4,8,10H,3H2,1-2H3,(H,9,11). The topological polar surface area (TPSA) is 99.3 Å². The van der Waals surface area contributed by atoms with Crippen LogP contribution in [0.4, 0.5) is 0 Å². The van der Waals surface area contributed by atoms with E-state index in [1.807, 2.05) is 0 Å². The van der Waals surface area contributed by atoms with Crippen molar-refractivity contribution in [3.63, 3.8) is 0 Å². The van der Waals surface area contributed by atoms with E-state index in [9.17, 15) is 13.2 Å². The van der Waals surface area contributed by atoms with E-state index in [0.29, 0.717) is 17.0 Å². The Morgan fingerprint density at radius 3 is 2.60 bits per heavy atom. The third kappa shape index (κ3) is 3.13. The molecule has 0 aliphatic heterocycles. The van der Waals surface area contributed by atoms with Crippen molar-refractivity contribution < 1.29 is 13.5 Å². The van der Waals surface area contributed by atoms with Gasteiger partial charge in [-0.3, -0.25) is 4.79 Å². The molecule has 1 aromatic heterocycles. The summed E-state index contributed by atoms with van der Waals surface area (Å²) in [5, 5.41) is 8.94. The first-order valence-corrected chi connectivity index (χ1v) is 6.50. The second kappa shape index (κ2) is 4.44. The molecule has 0 spiro atoms. The zero-order valence-corrected chi connectivity index (χ0v) is 9.91. The molecule has 0 amide bonds. The van der Waals surface area contributed by atoms with Crippen LogP contribution in [0.25, 0.3) is 0 Å². The molecule has 0 aliphatic carbocycles. The molecule has 0 saturated carbocycles. The summed E-state index contributed by atoms with van der Waals surface area (Å²) in [6.45, 7) is 2.90. The van der Waals surface area contributed by atoms with Crippen LogP contribution in [-0.4, -0.2) is 31.2 Å². The van der Waals surface area contributed by atoms with E-state index in [-0.39, 0.29) is 10.8 Å². The zero-order chi connectivity index (χ0) is 11.6. The molecule has 1 atom stereocenters. The number of aromatic nitrogens is 1. The van der Waals surface area contributed by atoms with Crippen molar-refractivity contribution in [1.82, 2.24) is 9.71 Å². The Kier molecular flexibility index (Phi) is 3.66. The van der Waals surface area contributed by atoms with E-state index < -0.39 is 21.0 Å². The Morgan fingerprint density at radius 1 is 1.60 bits per heavy atom. The molecule has 1 unspecified atom stereocenters. The van der Waals surface area contributed by atoms with Gasteiger partial charge in [0.15, 0.2) is 4.21 Å². The zero-order valence-electron chi connectivity index (χ0n) is 8.27. The molecule has 0 aromatic carbocycles. The first kappa shape index (κ1) is 12.4. The number of rotatable bonds is 4. The van der Waals surface area contributed by atoms with Crippen LogP contribution in [-0.2, 0) is 10.0 Å². The second-order valence-electron chi connectivity index (χ2n) is 3.13. The average Bonchev–Trinajstić information content (AvgIpc) is 2.43. The van der Waals surface area contributed by atoms with E-state index in [1.165, 1.54) is 13.8 Å². The maximum absolute atomic E-state index is 11.6. The van der Waals surface area contributed by atoms with Gasteiger partial charge in [-0.05, 0) is 13.8 Å². The summed E-state index contributed by atoms with van der Waals surface area (Å²) in [5.74, 6) is 0. The lowest BCUT2D eigenvalue weighted by Crippen LogP contribution is -2.30. The van der Waals surface area contributed by atoms with Crippen LogP contribution >= 0.6 is 11.3 Å². The van der Waals surface area contributed by atoms with Gasteiger partial charge >= 0.3 is 4.87 Å². The highest BCUT2D eigenvalue weighted by molar-refractivity contribution is 7.91. The van der Waals surface area contributed by atoms with Gasteiger partial charge < -0.3 is 10.1 Å². The quantitative estimate of drug-likeness (QED) is 0.666. The number of aliphatic hydroxyl groups excluding tert-OH is 1. The van der Waals surface area contributed by atoms with Crippen LogP contribution in [0.15, 0.2) is 9.00 Å². The molecule has 6 nitrogen and oxygen atoms in total. The summed E-state index contributed by atoms with van der Waals surface area (Å²) in [6, 6.07) is 0. The van der Waals surface area contributed by atoms with E-state index >= 15 is 0 Å². The van der Waals surface area contributed by atoms with Gasteiger partial charge in [-0.15, -0.1) is 0 Å². The predicted octanol–water partition coefficient (Wildman–Crippen LogP) is -0.596. The smallest absolute Gasteiger partial charge is 0.305 e. The van der Waals surface area contributed by atoms with Gasteiger partial charge in [0.05, 0.1) is 6.10 Å². The SMILES string of the molecule is Cc1[nH]c(=O)sc1S(=O)(=O)NCC(C)O. The van der Waals surface area contributed by atoms with Gasteiger partial charge in [0.1, 0.15) is 0 Å². The maximum atomic E-state index is 11.6. The number of hydrogen-bond donors (Lipinski definition) is 3. The number of thiazole rings is 1. The molecule has 0 radical (unpaired) electrons. The van der Waals surface area contributed by atoms with Crippen LogP contribution in [0.5, 0.6) is 0 Å². The number of aromatic amines is 1. The Morgan fingerprint density at radius 2 is 2.20 bits per heavy atom. The molecule has 0 bridgehead atoms. The van der Waals surface area contributed by atoms with Crippen LogP contribution < -0.4 is 9.60 Å². The van der Waals surface area contributed by atoms with Crippen LogP contribution in [0.2, 0.25) is 0 Å². The Balaban J connectivity index is 2.96. The van der Waals surface area contributed by atoms with E-state index in [2.05, 4.69) is 9.71 Å². The van der Waals surface area contributed by atoms with Gasteiger partial charge in [-0.25, -0.2) is 13.1 Å². The molecule has 86 valence electrons. The van der Waals surface area contributed by atoms with Crippen molar-refractivity contribution >= 4 is 21.4 Å². The highest BCUT2D eigenvalue weighted by Crippen LogP contribution is 2.14. The van der Waals surface area contributed by atoms with Crippen molar-refractivity contribution in [2.24, 2.45) is 0 Å². The fourth-order valence-corrected chi connectivity index (χ4v) is 3.41. The first-order chi connectivity index (χ1) is 6.83. The van der Waals surface area contributed by atoms with Gasteiger partial charge in [0.25, 0.3) is 10.0 Å². The van der Waals surface area contributed by atoms with Crippen molar-refractivity contribution in [2.45, 2.75) is 24.2 Å². The van der Waals surface area contributed by atoms with Gasteiger partial charge in [-0.2, -0.15) is 0 Å². The Hall–Kier alpha value is -0.700. The predicted molar refractivity (Wildman–Crippen MR) is 56.5 cm³/mol. The Labute approximate surface area is 91.0 Å². The number of aliphatic hydroxyl groups is 1. The summed E-state index contributed by atoms with van der Waals surface area (Å²) >= 11 is 0.630. The van der Waals surface area contributed by atoms with E-state index in [0.717, 1.165) is 0 Å². The van der Waals surface area contributed by atoms with Crippen LogP contribution in [0.1, 0.15) is 12.6 Å². The lowest BCUT2D eigenvalue weighted by atomic mass is 10.4. The fraction of sp³-hybridized carbons (Fsp3) is 0.571. The first-order valence-electron chi connectivity index (χ1n) is 4.20. The molecule has 1 heterocycles. The molecular weight excluding hydrogens is 240 g/mol. The normalized spacial score (nSPS) is 14.1. The van der Waals surface area contributed by atoms with E-state index in [1.54, 1.807) is 0 Å². The third-order valence-electron chi connectivity index (χ3n) is 1.59. The molecule has 0 saturated heterocycles. The van der Waals surface area contributed by atoms with Crippen molar-refractivity contribution in [2.75, 3.05) is 6.54 Å². The summed E-state index contributed by atoms with van der Waals surface area (Å²) in [5.41, 5.74) is 0.308. The fourth-order valence-electron chi connectivity index (χ4n) is 0.943. The highest BCUT2D eigenvalue weighted by atomic mass is 32.2. The largest absolute Gasteiger partial charge is 0.392 e.